The summed E-state index contributed by atoms with van der Waals surface area (Å²) in [4.78, 5) is 25.4. The zero-order valence-electron chi connectivity index (χ0n) is 16.3. The number of hydrogen-bond acceptors (Lipinski definition) is 4. The van der Waals surface area contributed by atoms with Gasteiger partial charge < -0.3 is 19.7 Å². The van der Waals surface area contributed by atoms with E-state index in [0.717, 1.165) is 5.56 Å². The standard InChI is InChI=1S/C21H25FN2O4/c1-15(25)24(18-6-4-5-17(22)14-18)12-11-23-21(26)10-8-16-7-9-19(27-2)20(13-16)28-3/h4-7,9,13-14H,8,10-12H2,1-3H3,(H,23,26). The molecule has 0 atom stereocenters. The number of nitrogens with one attached hydrogen (secondary N) is 1. The Kier molecular flexibility index (Phi) is 7.80. The molecule has 0 heterocycles. The molecular weight excluding hydrogens is 363 g/mol. The minimum absolute atomic E-state index is 0.127. The molecule has 0 aliphatic rings. The third-order valence-electron chi connectivity index (χ3n) is 4.25. The van der Waals surface area contributed by atoms with E-state index in [1.807, 2.05) is 12.1 Å². The quantitative estimate of drug-likeness (QED) is 0.717. The van der Waals surface area contributed by atoms with E-state index < -0.39 is 5.82 Å². The zero-order chi connectivity index (χ0) is 20.5. The summed E-state index contributed by atoms with van der Waals surface area (Å²) >= 11 is 0. The molecule has 6 nitrogen and oxygen atoms in total. The summed E-state index contributed by atoms with van der Waals surface area (Å²) in [6.07, 6.45) is 0.849. The maximum absolute atomic E-state index is 13.4. The lowest BCUT2D eigenvalue weighted by Gasteiger charge is -2.21. The van der Waals surface area contributed by atoms with Gasteiger partial charge in [0.05, 0.1) is 14.2 Å². The molecule has 0 saturated heterocycles. The van der Waals surface area contributed by atoms with E-state index in [2.05, 4.69) is 5.32 Å². The molecule has 2 aromatic carbocycles. The van der Waals surface area contributed by atoms with Crippen molar-refractivity contribution in [2.24, 2.45) is 0 Å². The first-order chi connectivity index (χ1) is 13.4. The highest BCUT2D eigenvalue weighted by molar-refractivity contribution is 5.91. The topological polar surface area (TPSA) is 67.9 Å². The molecule has 0 bridgehead atoms. The van der Waals surface area contributed by atoms with Gasteiger partial charge in [0.1, 0.15) is 5.82 Å². The average molecular weight is 388 g/mol. The first-order valence-corrected chi connectivity index (χ1v) is 8.96. The molecule has 0 spiro atoms. The van der Waals surface area contributed by atoms with E-state index in [1.165, 1.54) is 24.0 Å². The maximum atomic E-state index is 13.4. The highest BCUT2D eigenvalue weighted by Crippen LogP contribution is 2.27. The summed E-state index contributed by atoms with van der Waals surface area (Å²) in [6.45, 7) is 1.95. The maximum Gasteiger partial charge on any atom is 0.223 e. The molecule has 2 amide bonds. The molecule has 0 aliphatic carbocycles. The van der Waals surface area contributed by atoms with Crippen LogP contribution in [-0.4, -0.2) is 39.1 Å². The van der Waals surface area contributed by atoms with Gasteiger partial charge in [0.15, 0.2) is 11.5 Å². The van der Waals surface area contributed by atoms with Crippen molar-refractivity contribution >= 4 is 17.5 Å². The van der Waals surface area contributed by atoms with Crippen LogP contribution in [0.25, 0.3) is 0 Å². The van der Waals surface area contributed by atoms with Crippen molar-refractivity contribution in [3.05, 3.63) is 53.8 Å². The van der Waals surface area contributed by atoms with Gasteiger partial charge in [0.25, 0.3) is 0 Å². The van der Waals surface area contributed by atoms with Gasteiger partial charge >= 0.3 is 0 Å². The third-order valence-corrected chi connectivity index (χ3v) is 4.25. The SMILES string of the molecule is COc1ccc(CCC(=O)NCCN(C(C)=O)c2cccc(F)c2)cc1OC. The molecule has 7 heteroatoms. The number of benzene rings is 2. The van der Waals surface area contributed by atoms with Crippen LogP contribution >= 0.6 is 0 Å². The van der Waals surface area contributed by atoms with Crippen LogP contribution in [-0.2, 0) is 16.0 Å². The van der Waals surface area contributed by atoms with Crippen molar-refractivity contribution in [3.63, 3.8) is 0 Å². The van der Waals surface area contributed by atoms with E-state index in [9.17, 15) is 14.0 Å². The fraction of sp³-hybridized carbons (Fsp3) is 0.333. The number of carbonyl (C=O) groups is 2. The Balaban J connectivity index is 1.84. The number of anilines is 1. The van der Waals surface area contributed by atoms with Gasteiger partial charge in [-0.05, 0) is 42.3 Å². The number of rotatable bonds is 9. The van der Waals surface area contributed by atoms with Crippen LogP contribution in [0.1, 0.15) is 18.9 Å². The molecule has 2 aromatic rings. The first kappa shape index (κ1) is 21.2. The highest BCUT2D eigenvalue weighted by Gasteiger charge is 2.13. The summed E-state index contributed by atoms with van der Waals surface area (Å²) in [6, 6.07) is 11.3. The van der Waals surface area contributed by atoms with Crippen LogP contribution < -0.4 is 19.7 Å². The average Bonchev–Trinajstić information content (AvgIpc) is 2.69. The Morgan fingerprint density at radius 1 is 1.07 bits per heavy atom. The number of hydrogen-bond donors (Lipinski definition) is 1. The van der Waals surface area contributed by atoms with E-state index in [1.54, 1.807) is 32.4 Å². The lowest BCUT2D eigenvalue weighted by atomic mass is 10.1. The Morgan fingerprint density at radius 2 is 1.82 bits per heavy atom. The van der Waals surface area contributed by atoms with Gasteiger partial charge in [0, 0.05) is 32.1 Å². The lowest BCUT2D eigenvalue weighted by molar-refractivity contribution is -0.121. The number of nitrogens with zero attached hydrogens (tertiary/aromatic N) is 1. The summed E-state index contributed by atoms with van der Waals surface area (Å²) in [5, 5.41) is 2.79. The second-order valence-electron chi connectivity index (χ2n) is 6.19. The van der Waals surface area contributed by atoms with Crippen LogP contribution in [0.5, 0.6) is 11.5 Å². The van der Waals surface area contributed by atoms with Gasteiger partial charge in [-0.25, -0.2) is 4.39 Å². The number of carbonyl (C=O) groups excluding carboxylic acids is 2. The van der Waals surface area contributed by atoms with Crippen molar-refractivity contribution in [3.8, 4) is 11.5 Å². The summed E-state index contributed by atoms with van der Waals surface area (Å²) < 4.78 is 23.8. The fourth-order valence-corrected chi connectivity index (χ4v) is 2.80. The second-order valence-corrected chi connectivity index (χ2v) is 6.19. The van der Waals surface area contributed by atoms with Gasteiger partial charge in [-0.15, -0.1) is 0 Å². The molecule has 0 saturated carbocycles. The number of halogens is 1. The van der Waals surface area contributed by atoms with E-state index in [0.29, 0.717) is 30.0 Å². The summed E-state index contributed by atoms with van der Waals surface area (Å²) in [7, 11) is 3.13. The van der Waals surface area contributed by atoms with Crippen molar-refractivity contribution in [2.45, 2.75) is 19.8 Å². The molecule has 28 heavy (non-hydrogen) atoms. The van der Waals surface area contributed by atoms with Crippen molar-refractivity contribution in [2.75, 3.05) is 32.2 Å². The molecular formula is C21H25FN2O4. The highest BCUT2D eigenvalue weighted by atomic mass is 19.1. The second kappa shape index (κ2) is 10.3. The van der Waals surface area contributed by atoms with Gasteiger partial charge in [-0.3, -0.25) is 9.59 Å². The minimum atomic E-state index is -0.414. The predicted molar refractivity (Wildman–Crippen MR) is 105 cm³/mol. The minimum Gasteiger partial charge on any atom is -0.493 e. The number of ether oxygens (including phenoxy) is 2. The van der Waals surface area contributed by atoms with Crippen LogP contribution in [0, 0.1) is 5.82 Å². The van der Waals surface area contributed by atoms with Crippen LogP contribution in [0.3, 0.4) is 0 Å². The molecule has 0 radical (unpaired) electrons. The van der Waals surface area contributed by atoms with Gasteiger partial charge in [-0.2, -0.15) is 0 Å². The lowest BCUT2D eigenvalue weighted by Crippen LogP contribution is -2.37. The third kappa shape index (κ3) is 5.97. The van der Waals surface area contributed by atoms with E-state index in [-0.39, 0.29) is 24.9 Å². The molecule has 0 aromatic heterocycles. The van der Waals surface area contributed by atoms with Crippen molar-refractivity contribution < 1.29 is 23.5 Å². The van der Waals surface area contributed by atoms with E-state index >= 15 is 0 Å². The monoisotopic (exact) mass is 388 g/mol. The van der Waals surface area contributed by atoms with Crippen molar-refractivity contribution in [1.29, 1.82) is 0 Å². The Hall–Kier alpha value is -3.09. The van der Waals surface area contributed by atoms with Crippen LogP contribution in [0.15, 0.2) is 42.5 Å². The molecule has 150 valence electrons. The van der Waals surface area contributed by atoms with Crippen LogP contribution in [0.4, 0.5) is 10.1 Å². The summed E-state index contributed by atoms with van der Waals surface area (Å²) in [5.74, 6) is 0.496. The van der Waals surface area contributed by atoms with E-state index in [4.69, 9.17) is 9.47 Å². The fourth-order valence-electron chi connectivity index (χ4n) is 2.80. The molecule has 1 N–H and O–H groups in total. The van der Waals surface area contributed by atoms with Crippen molar-refractivity contribution in [1.82, 2.24) is 5.32 Å². The normalized spacial score (nSPS) is 10.3. The Bertz CT molecular complexity index is 826. The number of methoxy groups -OCH3 is 2. The molecule has 0 aliphatic heterocycles. The smallest absolute Gasteiger partial charge is 0.223 e. The number of aryl methyl sites for hydroxylation is 1. The molecule has 2 rings (SSSR count). The largest absolute Gasteiger partial charge is 0.493 e. The Labute approximate surface area is 164 Å². The Morgan fingerprint density at radius 3 is 2.46 bits per heavy atom. The summed E-state index contributed by atoms with van der Waals surface area (Å²) in [5.41, 5.74) is 1.42. The number of amides is 2. The van der Waals surface area contributed by atoms with Crippen LogP contribution in [0.2, 0.25) is 0 Å². The van der Waals surface area contributed by atoms with Gasteiger partial charge in [0.2, 0.25) is 11.8 Å². The molecule has 0 fully saturated rings. The first-order valence-electron chi connectivity index (χ1n) is 8.96. The zero-order valence-corrected chi connectivity index (χ0v) is 16.3. The molecule has 0 unspecified atom stereocenters. The predicted octanol–water partition coefficient (Wildman–Crippen LogP) is 2.94. The van der Waals surface area contributed by atoms with Gasteiger partial charge in [-0.1, -0.05) is 12.1 Å².